The number of rotatable bonds is 10. The smallest absolute Gasteiger partial charge is 0.315 e. The standard InChI is InChI=1S/C26H35Cl2N7O3/c1-17(2)32-26(38)31-16-19-4-3-9-30-24(19)34-10-12-35(13-11-34)25(37)22(33-23(36)7-8-29)14-18-5-6-20(27)15-21(18)28/h3-6,9,15,17,22H,7-8,10-14,16,29H2,1-2H3,(H,33,36)(H2,31,32,38)/t22-/m1/s1. The summed E-state index contributed by atoms with van der Waals surface area (Å²) >= 11 is 12.4. The van der Waals surface area contributed by atoms with Gasteiger partial charge in [-0.15, -0.1) is 0 Å². The van der Waals surface area contributed by atoms with Crippen LogP contribution in [0.1, 0.15) is 31.4 Å². The molecule has 1 saturated heterocycles. The first kappa shape index (κ1) is 29.5. The Bertz CT molecular complexity index is 1120. The van der Waals surface area contributed by atoms with Gasteiger partial charge in [-0.05, 0) is 37.6 Å². The van der Waals surface area contributed by atoms with Gasteiger partial charge in [-0.1, -0.05) is 35.3 Å². The molecule has 3 rings (SSSR count). The molecule has 1 aromatic heterocycles. The first-order valence-electron chi connectivity index (χ1n) is 12.6. The van der Waals surface area contributed by atoms with Gasteiger partial charge in [0, 0.05) is 80.0 Å². The molecule has 1 aliphatic rings. The fraction of sp³-hybridized carbons (Fsp3) is 0.462. The molecule has 0 unspecified atom stereocenters. The molecule has 1 aromatic carbocycles. The highest BCUT2D eigenvalue weighted by Crippen LogP contribution is 2.23. The van der Waals surface area contributed by atoms with E-state index in [0.29, 0.717) is 48.3 Å². The van der Waals surface area contributed by atoms with Gasteiger partial charge in [0.2, 0.25) is 11.8 Å². The molecule has 12 heteroatoms. The number of nitrogens with two attached hydrogens (primary N) is 1. The Balaban J connectivity index is 1.66. The molecule has 0 bridgehead atoms. The number of amides is 4. The molecule has 2 aromatic rings. The molecule has 1 atom stereocenters. The summed E-state index contributed by atoms with van der Waals surface area (Å²) in [5, 5.41) is 9.42. The third kappa shape index (κ3) is 8.47. The quantitative estimate of drug-likeness (QED) is 0.350. The summed E-state index contributed by atoms with van der Waals surface area (Å²) in [5.41, 5.74) is 7.13. The van der Waals surface area contributed by atoms with E-state index in [9.17, 15) is 14.4 Å². The van der Waals surface area contributed by atoms with E-state index in [2.05, 4.69) is 25.8 Å². The zero-order valence-electron chi connectivity index (χ0n) is 21.7. The number of anilines is 1. The highest BCUT2D eigenvalue weighted by molar-refractivity contribution is 6.35. The van der Waals surface area contributed by atoms with E-state index in [1.165, 1.54) is 0 Å². The second-order valence-electron chi connectivity index (χ2n) is 9.38. The molecular formula is C26H35Cl2N7O3. The maximum absolute atomic E-state index is 13.5. The summed E-state index contributed by atoms with van der Waals surface area (Å²) in [6.45, 7) is 6.33. The van der Waals surface area contributed by atoms with E-state index in [1.54, 1.807) is 29.3 Å². The van der Waals surface area contributed by atoms with Crippen LogP contribution in [-0.4, -0.2) is 72.5 Å². The fourth-order valence-corrected chi connectivity index (χ4v) is 4.69. The van der Waals surface area contributed by atoms with Crippen molar-refractivity contribution in [1.29, 1.82) is 0 Å². The second kappa shape index (κ2) is 14.2. The van der Waals surface area contributed by atoms with Crippen LogP contribution in [0.25, 0.3) is 0 Å². The lowest BCUT2D eigenvalue weighted by atomic mass is 10.0. The third-order valence-corrected chi connectivity index (χ3v) is 6.65. The number of piperazine rings is 1. The molecular weight excluding hydrogens is 529 g/mol. The number of aromatic nitrogens is 1. The lowest BCUT2D eigenvalue weighted by Crippen LogP contribution is -2.56. The number of nitrogens with one attached hydrogen (secondary N) is 3. The van der Waals surface area contributed by atoms with Crippen molar-refractivity contribution in [2.75, 3.05) is 37.6 Å². The van der Waals surface area contributed by atoms with Crippen LogP contribution in [0.4, 0.5) is 10.6 Å². The van der Waals surface area contributed by atoms with Gasteiger partial charge in [0.25, 0.3) is 0 Å². The largest absolute Gasteiger partial charge is 0.353 e. The Morgan fingerprint density at radius 2 is 1.79 bits per heavy atom. The van der Waals surface area contributed by atoms with Crippen LogP contribution >= 0.6 is 23.2 Å². The molecule has 206 valence electrons. The lowest BCUT2D eigenvalue weighted by Gasteiger charge is -2.37. The van der Waals surface area contributed by atoms with Crippen molar-refractivity contribution in [3.05, 3.63) is 57.7 Å². The van der Waals surface area contributed by atoms with Crippen molar-refractivity contribution < 1.29 is 14.4 Å². The van der Waals surface area contributed by atoms with E-state index in [0.717, 1.165) is 11.4 Å². The monoisotopic (exact) mass is 563 g/mol. The maximum Gasteiger partial charge on any atom is 0.315 e. The number of hydrogen-bond acceptors (Lipinski definition) is 6. The number of nitrogens with zero attached hydrogens (tertiary/aromatic N) is 3. The van der Waals surface area contributed by atoms with Crippen LogP contribution in [0, 0.1) is 0 Å². The highest BCUT2D eigenvalue weighted by Gasteiger charge is 2.30. The van der Waals surface area contributed by atoms with Crippen molar-refractivity contribution in [2.45, 2.75) is 45.3 Å². The Morgan fingerprint density at radius 1 is 1.05 bits per heavy atom. The molecule has 2 heterocycles. The summed E-state index contributed by atoms with van der Waals surface area (Å²) in [4.78, 5) is 46.3. The summed E-state index contributed by atoms with van der Waals surface area (Å²) in [6, 6.07) is 7.85. The minimum Gasteiger partial charge on any atom is -0.353 e. The van der Waals surface area contributed by atoms with Gasteiger partial charge in [-0.3, -0.25) is 9.59 Å². The highest BCUT2D eigenvalue weighted by atomic mass is 35.5. The van der Waals surface area contributed by atoms with Gasteiger partial charge >= 0.3 is 6.03 Å². The molecule has 1 fully saturated rings. The van der Waals surface area contributed by atoms with Crippen LogP contribution < -0.4 is 26.6 Å². The average Bonchev–Trinajstić information content (AvgIpc) is 2.88. The van der Waals surface area contributed by atoms with Crippen molar-refractivity contribution in [1.82, 2.24) is 25.8 Å². The van der Waals surface area contributed by atoms with Crippen LogP contribution in [0.3, 0.4) is 0 Å². The number of pyridine rings is 1. The molecule has 10 nitrogen and oxygen atoms in total. The van der Waals surface area contributed by atoms with E-state index >= 15 is 0 Å². The van der Waals surface area contributed by atoms with Crippen molar-refractivity contribution in [3.63, 3.8) is 0 Å². The fourth-order valence-electron chi connectivity index (χ4n) is 4.21. The second-order valence-corrected chi connectivity index (χ2v) is 10.2. The topological polar surface area (TPSA) is 133 Å². The normalized spacial score (nSPS) is 14.3. The summed E-state index contributed by atoms with van der Waals surface area (Å²) < 4.78 is 0. The summed E-state index contributed by atoms with van der Waals surface area (Å²) in [6.07, 6.45) is 2.07. The van der Waals surface area contributed by atoms with Gasteiger partial charge in [0.15, 0.2) is 0 Å². The number of carbonyl (C=O) groups excluding carboxylic acids is 3. The lowest BCUT2D eigenvalue weighted by molar-refractivity contribution is -0.136. The van der Waals surface area contributed by atoms with Crippen LogP contribution in [0.5, 0.6) is 0 Å². The van der Waals surface area contributed by atoms with E-state index < -0.39 is 6.04 Å². The van der Waals surface area contributed by atoms with E-state index in [4.69, 9.17) is 28.9 Å². The van der Waals surface area contributed by atoms with Crippen molar-refractivity contribution >= 4 is 46.9 Å². The van der Waals surface area contributed by atoms with E-state index in [1.807, 2.05) is 26.0 Å². The van der Waals surface area contributed by atoms with Crippen LogP contribution in [0.2, 0.25) is 10.0 Å². The first-order chi connectivity index (χ1) is 18.2. The Labute approximate surface area is 233 Å². The molecule has 1 aliphatic heterocycles. The predicted octanol–water partition coefficient (Wildman–Crippen LogP) is 2.32. The minimum atomic E-state index is -0.784. The average molecular weight is 565 g/mol. The summed E-state index contributed by atoms with van der Waals surface area (Å²) in [7, 11) is 0. The number of carbonyl (C=O) groups is 3. The van der Waals surface area contributed by atoms with Gasteiger partial charge in [-0.25, -0.2) is 9.78 Å². The molecule has 0 aliphatic carbocycles. The number of urea groups is 1. The predicted molar refractivity (Wildman–Crippen MR) is 149 cm³/mol. The minimum absolute atomic E-state index is 0.0358. The zero-order valence-corrected chi connectivity index (χ0v) is 23.2. The van der Waals surface area contributed by atoms with Gasteiger partial charge in [-0.2, -0.15) is 0 Å². The number of benzene rings is 1. The van der Waals surface area contributed by atoms with Gasteiger partial charge in [0.1, 0.15) is 11.9 Å². The molecule has 0 saturated carbocycles. The SMILES string of the molecule is CC(C)NC(=O)NCc1cccnc1N1CCN(C(=O)[C@@H](Cc2ccc(Cl)cc2Cl)NC(=O)CCN)CC1. The van der Waals surface area contributed by atoms with Crippen molar-refractivity contribution in [2.24, 2.45) is 5.73 Å². The van der Waals surface area contributed by atoms with Gasteiger partial charge in [0.05, 0.1) is 0 Å². The number of halogens is 2. The third-order valence-electron chi connectivity index (χ3n) is 6.06. The Morgan fingerprint density at radius 3 is 2.45 bits per heavy atom. The Hall–Kier alpha value is -3.08. The van der Waals surface area contributed by atoms with Crippen LogP contribution in [-0.2, 0) is 22.6 Å². The maximum atomic E-state index is 13.5. The van der Waals surface area contributed by atoms with Crippen molar-refractivity contribution in [3.8, 4) is 0 Å². The van der Waals surface area contributed by atoms with Gasteiger partial charge < -0.3 is 31.5 Å². The van der Waals surface area contributed by atoms with Crippen LogP contribution in [0.15, 0.2) is 36.5 Å². The Kier molecular flexibility index (Phi) is 11.0. The first-order valence-corrected chi connectivity index (χ1v) is 13.4. The molecule has 4 amide bonds. The van der Waals surface area contributed by atoms with E-state index in [-0.39, 0.29) is 43.3 Å². The molecule has 0 spiro atoms. The number of hydrogen-bond donors (Lipinski definition) is 4. The summed E-state index contributed by atoms with van der Waals surface area (Å²) in [5.74, 6) is 0.293. The molecule has 0 radical (unpaired) electrons. The zero-order chi connectivity index (χ0) is 27.7. The molecule has 5 N–H and O–H groups in total. The molecule has 38 heavy (non-hydrogen) atoms.